The maximum absolute atomic E-state index is 11.9. The lowest BCUT2D eigenvalue weighted by Crippen LogP contribution is -2.38. The number of fused-ring (bicyclic) bond motifs is 1. The van der Waals surface area contributed by atoms with Crippen molar-refractivity contribution in [1.82, 2.24) is 10.3 Å². The molecule has 1 aliphatic heterocycles. The van der Waals surface area contributed by atoms with Crippen molar-refractivity contribution in [2.45, 2.75) is 43.3 Å². The van der Waals surface area contributed by atoms with E-state index < -0.39 is 6.29 Å². The molecule has 0 unspecified atom stereocenters. The summed E-state index contributed by atoms with van der Waals surface area (Å²) in [5.41, 5.74) is 4.51. The van der Waals surface area contributed by atoms with Crippen molar-refractivity contribution in [2.75, 3.05) is 17.6 Å². The number of aromatic nitrogens is 1. The number of amides is 2. The van der Waals surface area contributed by atoms with E-state index in [0.717, 1.165) is 32.3 Å². The number of urea groups is 1. The van der Waals surface area contributed by atoms with E-state index in [1.165, 1.54) is 4.70 Å². The van der Waals surface area contributed by atoms with Gasteiger partial charge in [0.25, 0.3) is 0 Å². The highest BCUT2D eigenvalue weighted by molar-refractivity contribution is 8.01. The summed E-state index contributed by atoms with van der Waals surface area (Å²) in [5.74, 6) is 0.829. The summed E-state index contributed by atoms with van der Waals surface area (Å²) < 4.78 is 15.3. The van der Waals surface area contributed by atoms with Crippen LogP contribution < -0.4 is 10.6 Å². The topological polar surface area (TPSA) is 92.7 Å². The largest absolute Gasteiger partial charge is 0.392 e. The summed E-state index contributed by atoms with van der Waals surface area (Å²) in [4.78, 5) is 16.6. The Balaban J connectivity index is 1.36. The Kier molecular flexibility index (Phi) is 8.61. The number of rotatable bonds is 8. The van der Waals surface area contributed by atoms with Gasteiger partial charge in [0.2, 0.25) is 0 Å². The van der Waals surface area contributed by atoms with E-state index in [1.54, 1.807) is 23.1 Å². The Bertz CT molecular complexity index is 1330. The Morgan fingerprint density at radius 2 is 1.76 bits per heavy atom. The van der Waals surface area contributed by atoms with E-state index in [0.29, 0.717) is 12.2 Å². The van der Waals surface area contributed by atoms with Gasteiger partial charge < -0.3 is 25.2 Å². The lowest BCUT2D eigenvalue weighted by atomic mass is 9.91. The number of benzene rings is 3. The minimum absolute atomic E-state index is 0.00515. The Labute approximate surface area is 230 Å². The van der Waals surface area contributed by atoms with E-state index in [9.17, 15) is 9.90 Å². The smallest absolute Gasteiger partial charge is 0.319 e. The molecular formula is C29H31N3O4S2. The number of thioether (sulfide) groups is 1. The molecule has 1 aliphatic rings. The highest BCUT2D eigenvalue weighted by atomic mass is 32.2. The third-order valence-corrected chi connectivity index (χ3v) is 8.81. The van der Waals surface area contributed by atoms with Crippen LogP contribution >= 0.6 is 23.1 Å². The van der Waals surface area contributed by atoms with Crippen molar-refractivity contribution in [1.29, 1.82) is 0 Å². The van der Waals surface area contributed by atoms with Crippen molar-refractivity contribution in [3.8, 4) is 0 Å². The van der Waals surface area contributed by atoms with Crippen LogP contribution in [-0.4, -0.2) is 34.5 Å². The van der Waals surface area contributed by atoms with Crippen LogP contribution in [0.4, 0.5) is 10.5 Å². The van der Waals surface area contributed by atoms with E-state index in [-0.39, 0.29) is 30.8 Å². The van der Waals surface area contributed by atoms with Crippen molar-refractivity contribution in [3.05, 3.63) is 89.5 Å². The summed E-state index contributed by atoms with van der Waals surface area (Å²) in [7, 11) is 0. The number of aliphatic hydroxyl groups excluding tert-OH is 1. The Hall–Kier alpha value is -2.95. The number of hydrogen-bond donors (Lipinski definition) is 3. The molecule has 4 aromatic rings. The lowest BCUT2D eigenvalue weighted by molar-refractivity contribution is -0.268. The third kappa shape index (κ3) is 6.19. The average Bonchev–Trinajstić information content (AvgIpc) is 3.36. The normalized spacial score (nSPS) is 21.3. The molecule has 4 atom stereocenters. The molecule has 38 heavy (non-hydrogen) atoms. The summed E-state index contributed by atoms with van der Waals surface area (Å²) >= 11 is 3.41. The van der Waals surface area contributed by atoms with Gasteiger partial charge in [-0.15, -0.1) is 11.3 Å². The van der Waals surface area contributed by atoms with Crippen molar-refractivity contribution in [2.24, 2.45) is 5.92 Å². The van der Waals surface area contributed by atoms with Crippen LogP contribution in [0.3, 0.4) is 0 Å². The fraction of sp³-hybridized carbons (Fsp3) is 0.310. The minimum Gasteiger partial charge on any atom is -0.392 e. The first-order valence-electron chi connectivity index (χ1n) is 12.7. The average molecular weight is 550 g/mol. The SMILES string of the molecule is CCNC(=O)Nc1ccc([C@H]2O[C@@H](CSc3nc4ccccc4s3)[C@@H](C)[C@@H](c3ccc(CO)cc3)O2)cc1. The summed E-state index contributed by atoms with van der Waals surface area (Å²) in [6, 6.07) is 23.4. The summed E-state index contributed by atoms with van der Waals surface area (Å²) in [6.07, 6.45) is -0.829. The number of nitrogens with zero attached hydrogens (tertiary/aromatic N) is 1. The van der Waals surface area contributed by atoms with Crippen LogP contribution in [0.5, 0.6) is 0 Å². The molecule has 0 aliphatic carbocycles. The maximum atomic E-state index is 11.9. The van der Waals surface area contributed by atoms with Gasteiger partial charge in [-0.1, -0.05) is 67.2 Å². The second-order valence-corrected chi connectivity index (χ2v) is 11.5. The first-order valence-corrected chi connectivity index (χ1v) is 14.5. The molecule has 3 aromatic carbocycles. The zero-order valence-electron chi connectivity index (χ0n) is 21.3. The zero-order chi connectivity index (χ0) is 26.5. The highest BCUT2D eigenvalue weighted by Gasteiger charge is 2.38. The van der Waals surface area contributed by atoms with Gasteiger partial charge in [-0.25, -0.2) is 9.78 Å². The fourth-order valence-corrected chi connectivity index (χ4v) is 6.69. The molecule has 198 valence electrons. The standard InChI is InChI=1S/C29H31N3O4S2/c1-3-30-28(34)31-22-14-12-21(13-15-22)27-35-24(17-37-29-32-23-6-4-5-7-25(23)38-29)18(2)26(36-27)20-10-8-19(16-33)9-11-20/h4-15,18,24,26-27,33H,3,16-17H2,1-2H3,(H2,30,31,34)/t18-,24+,26+,27+/m1/s1. The number of nitrogens with one attached hydrogen (secondary N) is 2. The van der Waals surface area contributed by atoms with Crippen molar-refractivity contribution < 1.29 is 19.4 Å². The molecule has 1 aromatic heterocycles. The van der Waals surface area contributed by atoms with E-state index in [2.05, 4.69) is 23.6 Å². The number of thiazole rings is 1. The number of carbonyl (C=O) groups is 1. The van der Waals surface area contributed by atoms with E-state index in [1.807, 2.05) is 73.7 Å². The Morgan fingerprint density at radius 1 is 1.03 bits per heavy atom. The van der Waals surface area contributed by atoms with Crippen molar-refractivity contribution in [3.63, 3.8) is 0 Å². The van der Waals surface area contributed by atoms with Gasteiger partial charge in [-0.3, -0.25) is 0 Å². The molecule has 2 amide bonds. The number of carbonyl (C=O) groups excluding carboxylic acids is 1. The van der Waals surface area contributed by atoms with Crippen LogP contribution in [0.15, 0.2) is 77.1 Å². The van der Waals surface area contributed by atoms with Crippen LogP contribution in [0.25, 0.3) is 10.2 Å². The second kappa shape index (κ2) is 12.3. The highest BCUT2D eigenvalue weighted by Crippen LogP contribution is 2.43. The number of ether oxygens (including phenoxy) is 2. The first kappa shape index (κ1) is 26.6. The van der Waals surface area contributed by atoms with E-state index in [4.69, 9.17) is 14.5 Å². The molecule has 0 bridgehead atoms. The van der Waals surface area contributed by atoms with Crippen LogP contribution in [-0.2, 0) is 16.1 Å². The van der Waals surface area contributed by atoms with Crippen molar-refractivity contribution >= 4 is 45.0 Å². The molecule has 7 nitrogen and oxygen atoms in total. The number of aliphatic hydroxyl groups is 1. The molecule has 9 heteroatoms. The quantitative estimate of drug-likeness (QED) is 0.217. The molecule has 1 saturated heterocycles. The number of anilines is 1. The van der Waals surface area contributed by atoms with Gasteiger partial charge >= 0.3 is 6.03 Å². The molecule has 0 saturated carbocycles. The molecule has 0 spiro atoms. The molecule has 1 fully saturated rings. The van der Waals surface area contributed by atoms with Gasteiger partial charge in [0.15, 0.2) is 10.6 Å². The molecule has 2 heterocycles. The number of para-hydroxylation sites is 1. The predicted octanol–water partition coefficient (Wildman–Crippen LogP) is 6.51. The predicted molar refractivity (Wildman–Crippen MR) is 152 cm³/mol. The third-order valence-electron chi connectivity index (χ3n) is 6.55. The zero-order valence-corrected chi connectivity index (χ0v) is 22.9. The van der Waals surface area contributed by atoms with Gasteiger partial charge in [0.05, 0.1) is 29.0 Å². The summed E-state index contributed by atoms with van der Waals surface area (Å²) in [6.45, 7) is 4.60. The molecule has 0 radical (unpaired) electrons. The first-order chi connectivity index (χ1) is 18.5. The number of hydrogen-bond acceptors (Lipinski definition) is 7. The summed E-state index contributed by atoms with van der Waals surface area (Å²) in [5, 5.41) is 15.0. The van der Waals surface area contributed by atoms with Gasteiger partial charge in [-0.2, -0.15) is 0 Å². The second-order valence-electron chi connectivity index (χ2n) is 9.19. The van der Waals surface area contributed by atoms with Crippen LogP contribution in [0.1, 0.15) is 42.9 Å². The van der Waals surface area contributed by atoms with Crippen LogP contribution in [0, 0.1) is 5.92 Å². The van der Waals surface area contributed by atoms with Gasteiger partial charge in [0.1, 0.15) is 0 Å². The monoisotopic (exact) mass is 549 g/mol. The lowest BCUT2D eigenvalue weighted by Gasteiger charge is -2.41. The Morgan fingerprint density at radius 3 is 2.47 bits per heavy atom. The molecule has 3 N–H and O–H groups in total. The van der Waals surface area contributed by atoms with Crippen LogP contribution in [0.2, 0.25) is 0 Å². The fourth-order valence-electron chi connectivity index (χ4n) is 4.44. The molecular weight excluding hydrogens is 518 g/mol. The van der Waals surface area contributed by atoms with Gasteiger partial charge in [0, 0.05) is 29.5 Å². The van der Waals surface area contributed by atoms with E-state index >= 15 is 0 Å². The minimum atomic E-state index is -0.562. The van der Waals surface area contributed by atoms with Gasteiger partial charge in [-0.05, 0) is 42.3 Å². The molecule has 5 rings (SSSR count). The maximum Gasteiger partial charge on any atom is 0.319 e.